The summed E-state index contributed by atoms with van der Waals surface area (Å²) in [5, 5.41) is -0.0627. The summed E-state index contributed by atoms with van der Waals surface area (Å²) in [7, 11) is -3.77. The molecule has 0 radical (unpaired) electrons. The molecular weight excluding hydrogens is 359 g/mol. The Morgan fingerprint density at radius 2 is 2.08 bits per heavy atom. The molecule has 140 valence electrons. The van der Waals surface area contributed by atoms with E-state index in [2.05, 4.69) is 9.71 Å². The van der Waals surface area contributed by atoms with Crippen LogP contribution in [0.3, 0.4) is 0 Å². The van der Waals surface area contributed by atoms with Crippen LogP contribution in [0.5, 0.6) is 0 Å². The second-order valence-corrected chi connectivity index (χ2v) is 8.12. The van der Waals surface area contributed by atoms with Crippen LogP contribution in [0.25, 0.3) is 0 Å². The van der Waals surface area contributed by atoms with Crippen LogP contribution in [0.1, 0.15) is 47.3 Å². The Labute approximate surface area is 151 Å². The topological polar surface area (TPSA) is 88.3 Å². The SMILES string of the molecule is CCOC(=O)c1cc(S(=O)(=O)N[C@H]2C[C@H](c3cccc(F)c3)C2)[nH]c1C. The molecule has 6 nitrogen and oxygen atoms in total. The van der Waals surface area contributed by atoms with Gasteiger partial charge in [-0.05, 0) is 56.4 Å². The average Bonchev–Trinajstić information content (AvgIpc) is 2.93. The average molecular weight is 380 g/mol. The molecule has 0 saturated heterocycles. The lowest BCUT2D eigenvalue weighted by Crippen LogP contribution is -2.43. The van der Waals surface area contributed by atoms with E-state index in [0.29, 0.717) is 18.5 Å². The van der Waals surface area contributed by atoms with Crippen molar-refractivity contribution >= 4 is 16.0 Å². The number of esters is 1. The van der Waals surface area contributed by atoms with Crippen molar-refractivity contribution in [2.24, 2.45) is 0 Å². The molecule has 26 heavy (non-hydrogen) atoms. The van der Waals surface area contributed by atoms with Gasteiger partial charge in [-0.1, -0.05) is 12.1 Å². The summed E-state index contributed by atoms with van der Waals surface area (Å²) >= 11 is 0. The van der Waals surface area contributed by atoms with Crippen LogP contribution >= 0.6 is 0 Å². The van der Waals surface area contributed by atoms with Crippen molar-refractivity contribution in [1.29, 1.82) is 0 Å². The zero-order chi connectivity index (χ0) is 18.9. The Morgan fingerprint density at radius 1 is 1.35 bits per heavy atom. The van der Waals surface area contributed by atoms with Crippen molar-refractivity contribution in [3.63, 3.8) is 0 Å². The number of hydrogen-bond donors (Lipinski definition) is 2. The maximum Gasteiger partial charge on any atom is 0.339 e. The standard InChI is InChI=1S/C18H21FN2O4S/c1-3-25-18(22)16-10-17(20-11(16)2)26(23,24)21-15-8-13(9-15)12-5-4-6-14(19)7-12/h4-7,10,13,15,20-21H,3,8-9H2,1-2H3/t13-,15-. The van der Waals surface area contributed by atoms with Crippen molar-refractivity contribution in [2.45, 2.75) is 43.7 Å². The van der Waals surface area contributed by atoms with Crippen LogP contribution < -0.4 is 4.72 Å². The molecule has 0 aliphatic heterocycles. The monoisotopic (exact) mass is 380 g/mol. The lowest BCUT2D eigenvalue weighted by atomic mass is 9.76. The summed E-state index contributed by atoms with van der Waals surface area (Å²) in [6.07, 6.45) is 1.21. The summed E-state index contributed by atoms with van der Waals surface area (Å²) in [5.74, 6) is -0.712. The lowest BCUT2D eigenvalue weighted by Gasteiger charge is -2.35. The summed E-state index contributed by atoms with van der Waals surface area (Å²) < 4.78 is 45.9. The van der Waals surface area contributed by atoms with Crippen molar-refractivity contribution in [1.82, 2.24) is 9.71 Å². The van der Waals surface area contributed by atoms with Gasteiger partial charge in [-0.3, -0.25) is 0 Å². The number of carbonyl (C=O) groups excluding carboxylic acids is 1. The number of hydrogen-bond acceptors (Lipinski definition) is 4. The molecule has 1 fully saturated rings. The molecule has 1 heterocycles. The smallest absolute Gasteiger partial charge is 0.339 e. The first-order chi connectivity index (χ1) is 12.3. The molecule has 2 N–H and O–H groups in total. The highest BCUT2D eigenvalue weighted by Gasteiger charge is 2.34. The third kappa shape index (κ3) is 3.81. The Balaban J connectivity index is 1.65. The van der Waals surface area contributed by atoms with Gasteiger partial charge in [0.1, 0.15) is 10.8 Å². The molecule has 1 aliphatic rings. The van der Waals surface area contributed by atoms with Gasteiger partial charge >= 0.3 is 5.97 Å². The van der Waals surface area contributed by atoms with Crippen LogP contribution in [0, 0.1) is 12.7 Å². The molecule has 1 saturated carbocycles. The first kappa shape index (κ1) is 18.6. The molecule has 8 heteroatoms. The predicted octanol–water partition coefficient (Wildman–Crippen LogP) is 2.86. The van der Waals surface area contributed by atoms with Crippen LogP contribution in [0.2, 0.25) is 0 Å². The maximum atomic E-state index is 13.3. The molecule has 0 unspecified atom stereocenters. The molecule has 0 spiro atoms. The Morgan fingerprint density at radius 3 is 2.73 bits per heavy atom. The minimum Gasteiger partial charge on any atom is -0.462 e. The second kappa shape index (κ2) is 7.20. The number of aromatic amines is 1. The van der Waals surface area contributed by atoms with Gasteiger partial charge in [-0.15, -0.1) is 0 Å². The number of aromatic nitrogens is 1. The number of H-pyrrole nitrogens is 1. The van der Waals surface area contributed by atoms with E-state index in [-0.39, 0.29) is 35.0 Å². The zero-order valence-corrected chi connectivity index (χ0v) is 15.4. The Bertz CT molecular complexity index is 917. The summed E-state index contributed by atoms with van der Waals surface area (Å²) in [6, 6.07) is 7.44. The number of halogens is 1. The third-order valence-corrected chi connectivity index (χ3v) is 6.00. The van der Waals surface area contributed by atoms with Gasteiger partial charge in [0.15, 0.2) is 0 Å². The number of nitrogens with one attached hydrogen (secondary N) is 2. The number of ether oxygens (including phenoxy) is 1. The van der Waals surface area contributed by atoms with E-state index in [0.717, 1.165) is 5.56 Å². The molecule has 1 aliphatic carbocycles. The molecular formula is C18H21FN2O4S. The third-order valence-electron chi connectivity index (χ3n) is 4.55. The van der Waals surface area contributed by atoms with Crippen molar-refractivity contribution in [3.8, 4) is 0 Å². The number of rotatable bonds is 6. The first-order valence-corrected chi connectivity index (χ1v) is 9.93. The zero-order valence-electron chi connectivity index (χ0n) is 14.6. The van der Waals surface area contributed by atoms with Gasteiger partial charge in [-0.25, -0.2) is 22.3 Å². The van der Waals surface area contributed by atoms with Gasteiger partial charge in [0.2, 0.25) is 0 Å². The molecule has 0 atom stereocenters. The van der Waals surface area contributed by atoms with E-state index >= 15 is 0 Å². The van der Waals surface area contributed by atoms with E-state index in [1.165, 1.54) is 18.2 Å². The number of benzene rings is 1. The maximum absolute atomic E-state index is 13.3. The van der Waals surface area contributed by atoms with Gasteiger partial charge in [0, 0.05) is 11.7 Å². The van der Waals surface area contributed by atoms with Crippen molar-refractivity contribution in [3.05, 3.63) is 53.0 Å². The summed E-state index contributed by atoms with van der Waals surface area (Å²) in [5.41, 5.74) is 1.52. The van der Waals surface area contributed by atoms with Gasteiger partial charge in [-0.2, -0.15) is 0 Å². The normalized spacial score (nSPS) is 19.8. The quantitative estimate of drug-likeness (QED) is 0.755. The molecule has 1 aromatic heterocycles. The Hall–Kier alpha value is -2.19. The van der Waals surface area contributed by atoms with Crippen LogP contribution in [-0.2, 0) is 14.8 Å². The van der Waals surface area contributed by atoms with E-state index in [1.54, 1.807) is 19.9 Å². The number of sulfonamides is 1. The van der Waals surface area contributed by atoms with Gasteiger partial charge < -0.3 is 9.72 Å². The highest BCUT2D eigenvalue weighted by Crippen LogP contribution is 2.37. The van der Waals surface area contributed by atoms with E-state index in [4.69, 9.17) is 4.74 Å². The summed E-state index contributed by atoms with van der Waals surface area (Å²) in [4.78, 5) is 14.6. The molecule has 3 rings (SSSR count). The predicted molar refractivity (Wildman–Crippen MR) is 94.0 cm³/mol. The fourth-order valence-electron chi connectivity index (χ4n) is 3.12. The van der Waals surface area contributed by atoms with Crippen molar-refractivity contribution < 1.29 is 22.3 Å². The van der Waals surface area contributed by atoms with Crippen LogP contribution in [-0.4, -0.2) is 32.0 Å². The number of carbonyl (C=O) groups is 1. The number of aryl methyl sites for hydroxylation is 1. The molecule has 2 aromatic rings. The molecule has 1 aromatic carbocycles. The van der Waals surface area contributed by atoms with Gasteiger partial charge in [0.25, 0.3) is 10.0 Å². The summed E-state index contributed by atoms with van der Waals surface area (Å²) in [6.45, 7) is 3.52. The van der Waals surface area contributed by atoms with Crippen LogP contribution in [0.4, 0.5) is 4.39 Å². The van der Waals surface area contributed by atoms with Crippen LogP contribution in [0.15, 0.2) is 35.4 Å². The van der Waals surface area contributed by atoms with Crippen molar-refractivity contribution in [2.75, 3.05) is 6.61 Å². The highest BCUT2D eigenvalue weighted by atomic mass is 32.2. The van der Waals surface area contributed by atoms with E-state index in [9.17, 15) is 17.6 Å². The minimum absolute atomic E-state index is 0.0627. The first-order valence-electron chi connectivity index (χ1n) is 8.44. The van der Waals surface area contributed by atoms with Gasteiger partial charge in [0.05, 0.1) is 12.2 Å². The fraction of sp³-hybridized carbons (Fsp3) is 0.389. The Kier molecular flexibility index (Phi) is 5.15. The van der Waals surface area contributed by atoms with E-state index in [1.807, 2.05) is 6.07 Å². The second-order valence-electron chi connectivity index (χ2n) is 6.43. The molecule has 0 bridgehead atoms. The lowest BCUT2D eigenvalue weighted by molar-refractivity contribution is 0.0525. The largest absolute Gasteiger partial charge is 0.462 e. The highest BCUT2D eigenvalue weighted by molar-refractivity contribution is 7.89. The molecule has 0 amide bonds. The minimum atomic E-state index is -3.77. The fourth-order valence-corrected chi connectivity index (χ4v) is 4.44. The van der Waals surface area contributed by atoms with E-state index < -0.39 is 16.0 Å².